The first-order valence-electron chi connectivity index (χ1n) is 6.50. The van der Waals surface area contributed by atoms with Gasteiger partial charge in [0, 0.05) is 11.6 Å². The summed E-state index contributed by atoms with van der Waals surface area (Å²) in [6.07, 6.45) is 2.57. The number of hydrogen-bond acceptors (Lipinski definition) is 5. The highest BCUT2D eigenvalue weighted by molar-refractivity contribution is 7.86. The fourth-order valence-electron chi connectivity index (χ4n) is 2.67. The van der Waals surface area contributed by atoms with Crippen LogP contribution < -0.4 is 4.18 Å². The van der Waals surface area contributed by atoms with Gasteiger partial charge in [0.05, 0.1) is 17.5 Å². The summed E-state index contributed by atoms with van der Waals surface area (Å²) in [6.45, 7) is 0. The fraction of sp³-hybridized carbons (Fsp3) is 0.0667. The van der Waals surface area contributed by atoms with Crippen molar-refractivity contribution in [1.29, 1.82) is 0 Å². The molecular formula is C15H10N2O4S. The third kappa shape index (κ3) is 1.75. The first-order chi connectivity index (χ1) is 10.5. The average Bonchev–Trinajstić information content (AvgIpc) is 3.02. The van der Waals surface area contributed by atoms with Crippen LogP contribution in [0.4, 0.5) is 0 Å². The van der Waals surface area contributed by atoms with E-state index in [9.17, 15) is 13.2 Å². The molecule has 0 aliphatic carbocycles. The largest absolute Gasteiger partial charge is 0.381 e. The van der Waals surface area contributed by atoms with E-state index < -0.39 is 10.1 Å². The lowest BCUT2D eigenvalue weighted by atomic mass is 10.1. The lowest BCUT2D eigenvalue weighted by Gasteiger charge is -2.10. The first-order valence-corrected chi connectivity index (χ1v) is 8.32. The number of pyridine rings is 1. The Hall–Kier alpha value is -2.67. The number of nitrogens with zero attached hydrogens (tertiary/aromatic N) is 2. The van der Waals surface area contributed by atoms with Gasteiger partial charge in [0.15, 0.2) is 5.75 Å². The van der Waals surface area contributed by atoms with Gasteiger partial charge in [-0.3, -0.25) is 9.36 Å². The van der Waals surface area contributed by atoms with E-state index in [1.807, 2.05) is 0 Å². The van der Waals surface area contributed by atoms with Crippen LogP contribution in [0.2, 0.25) is 0 Å². The first kappa shape index (κ1) is 13.0. The predicted octanol–water partition coefficient (Wildman–Crippen LogP) is 2.04. The Balaban J connectivity index is 2.14. The van der Waals surface area contributed by atoms with E-state index in [1.165, 1.54) is 4.57 Å². The van der Waals surface area contributed by atoms with E-state index in [-0.39, 0.29) is 17.2 Å². The quantitative estimate of drug-likeness (QED) is 0.529. The molecule has 0 amide bonds. The lowest BCUT2D eigenvalue weighted by Crippen LogP contribution is -2.12. The van der Waals surface area contributed by atoms with Crippen LogP contribution in [0.25, 0.3) is 22.3 Å². The predicted molar refractivity (Wildman–Crippen MR) is 80.4 cm³/mol. The third-order valence-electron chi connectivity index (χ3n) is 3.50. The second kappa shape index (κ2) is 4.17. The number of hydrogen-bond donors (Lipinski definition) is 0. The van der Waals surface area contributed by atoms with E-state index in [0.717, 1.165) is 6.26 Å². The number of fused-ring (bicyclic) bond motifs is 4. The minimum absolute atomic E-state index is 0.0387. The molecule has 1 aliphatic heterocycles. The number of benzene rings is 1. The normalized spacial score (nSPS) is 13.2. The summed E-state index contributed by atoms with van der Waals surface area (Å²) in [5.41, 5.74) is 1.82. The van der Waals surface area contributed by atoms with Crippen molar-refractivity contribution in [3.8, 4) is 17.1 Å². The Bertz CT molecular complexity index is 1050. The average molecular weight is 314 g/mol. The number of carbonyl (C=O) groups excluding carboxylic acids is 1. The molecule has 0 spiro atoms. The van der Waals surface area contributed by atoms with Crippen LogP contribution in [0.1, 0.15) is 10.4 Å². The molecule has 6 nitrogen and oxygen atoms in total. The highest BCUT2D eigenvalue weighted by Gasteiger charge is 2.33. The van der Waals surface area contributed by atoms with Crippen LogP contribution in [0, 0.1) is 0 Å². The fourth-order valence-corrected chi connectivity index (χ4v) is 3.15. The zero-order valence-corrected chi connectivity index (χ0v) is 12.3. The van der Waals surface area contributed by atoms with Crippen molar-refractivity contribution in [3.63, 3.8) is 0 Å². The van der Waals surface area contributed by atoms with Gasteiger partial charge in [0.2, 0.25) is 0 Å². The smallest absolute Gasteiger partial charge is 0.306 e. The van der Waals surface area contributed by atoms with Crippen LogP contribution in [0.5, 0.6) is 5.75 Å². The monoisotopic (exact) mass is 314 g/mol. The van der Waals surface area contributed by atoms with Crippen LogP contribution in [-0.4, -0.2) is 30.1 Å². The molecule has 3 heterocycles. The topological polar surface area (TPSA) is 78.3 Å². The number of para-hydroxylation sites is 1. The molecule has 0 saturated carbocycles. The van der Waals surface area contributed by atoms with Crippen LogP contribution in [0.3, 0.4) is 0 Å². The Kier molecular flexibility index (Phi) is 2.47. The molecule has 2 aromatic heterocycles. The lowest BCUT2D eigenvalue weighted by molar-refractivity contribution is 0.0968. The molecule has 0 radical (unpaired) electrons. The van der Waals surface area contributed by atoms with E-state index in [4.69, 9.17) is 4.18 Å². The molecule has 110 valence electrons. The number of aromatic nitrogens is 2. The van der Waals surface area contributed by atoms with Crippen LogP contribution >= 0.6 is 0 Å². The van der Waals surface area contributed by atoms with Crippen LogP contribution in [-0.2, 0) is 10.1 Å². The molecule has 0 fully saturated rings. The second-order valence-corrected chi connectivity index (χ2v) is 6.61. The second-order valence-electron chi connectivity index (χ2n) is 5.04. The highest BCUT2D eigenvalue weighted by Crippen LogP contribution is 2.41. The molecule has 4 rings (SSSR count). The molecular weight excluding hydrogens is 304 g/mol. The van der Waals surface area contributed by atoms with Crippen molar-refractivity contribution < 1.29 is 17.4 Å². The molecule has 0 atom stereocenters. The summed E-state index contributed by atoms with van der Waals surface area (Å²) in [4.78, 5) is 17.0. The Morgan fingerprint density at radius 1 is 1.14 bits per heavy atom. The molecule has 22 heavy (non-hydrogen) atoms. The van der Waals surface area contributed by atoms with Crippen LogP contribution in [0.15, 0.2) is 42.6 Å². The van der Waals surface area contributed by atoms with E-state index in [2.05, 4.69) is 4.98 Å². The number of carbonyl (C=O) groups is 1. The molecule has 7 heteroatoms. The molecule has 0 saturated heterocycles. The Labute approximate surface area is 126 Å². The Morgan fingerprint density at radius 2 is 1.91 bits per heavy atom. The van der Waals surface area contributed by atoms with Gasteiger partial charge in [0.1, 0.15) is 11.3 Å². The molecule has 1 aromatic carbocycles. The summed E-state index contributed by atoms with van der Waals surface area (Å²) in [6, 6.07) is 10.5. The van der Waals surface area contributed by atoms with Gasteiger partial charge in [-0.25, -0.2) is 4.98 Å². The van der Waals surface area contributed by atoms with Crippen molar-refractivity contribution in [2.45, 2.75) is 0 Å². The summed E-state index contributed by atoms with van der Waals surface area (Å²) >= 11 is 0. The summed E-state index contributed by atoms with van der Waals surface area (Å²) in [5.74, 6) is -0.302. The summed E-state index contributed by atoms with van der Waals surface area (Å²) in [5, 5.41) is 0.491. The molecule has 0 unspecified atom stereocenters. The standard InChI is InChI=1S/C15H10N2O4S/c1-22(19,20)21-14-9-5-2-3-6-10(9)16-13-11-7-4-8-17(11)15(18)12(13)14/h2-8H,1H3. The maximum absolute atomic E-state index is 12.5. The van der Waals surface area contributed by atoms with E-state index in [1.54, 1.807) is 42.6 Å². The highest BCUT2D eigenvalue weighted by atomic mass is 32.2. The number of rotatable bonds is 2. The van der Waals surface area contributed by atoms with E-state index in [0.29, 0.717) is 22.3 Å². The third-order valence-corrected chi connectivity index (χ3v) is 3.97. The van der Waals surface area contributed by atoms with Gasteiger partial charge < -0.3 is 4.18 Å². The Morgan fingerprint density at radius 3 is 2.68 bits per heavy atom. The molecule has 0 N–H and O–H groups in total. The zero-order valence-electron chi connectivity index (χ0n) is 11.5. The van der Waals surface area contributed by atoms with Gasteiger partial charge in [-0.15, -0.1) is 0 Å². The maximum Gasteiger partial charge on any atom is 0.306 e. The zero-order chi connectivity index (χ0) is 15.5. The minimum Gasteiger partial charge on any atom is -0.381 e. The summed E-state index contributed by atoms with van der Waals surface area (Å²) in [7, 11) is -3.77. The SMILES string of the molecule is CS(=O)(=O)Oc1c2c(nc3ccccc13)-c1cccn1C2=O. The molecule has 3 aromatic rings. The van der Waals surface area contributed by atoms with Gasteiger partial charge in [0.25, 0.3) is 5.91 Å². The minimum atomic E-state index is -3.77. The van der Waals surface area contributed by atoms with Gasteiger partial charge >= 0.3 is 10.1 Å². The van der Waals surface area contributed by atoms with Crippen molar-refractivity contribution in [3.05, 3.63) is 48.2 Å². The maximum atomic E-state index is 12.5. The van der Waals surface area contributed by atoms with Crippen molar-refractivity contribution in [2.24, 2.45) is 0 Å². The van der Waals surface area contributed by atoms with Gasteiger partial charge in [-0.1, -0.05) is 12.1 Å². The van der Waals surface area contributed by atoms with Crippen molar-refractivity contribution in [1.82, 2.24) is 9.55 Å². The van der Waals surface area contributed by atoms with Crippen molar-refractivity contribution in [2.75, 3.05) is 6.26 Å². The van der Waals surface area contributed by atoms with Gasteiger partial charge in [-0.05, 0) is 24.3 Å². The molecule has 0 bridgehead atoms. The van der Waals surface area contributed by atoms with Gasteiger partial charge in [-0.2, -0.15) is 8.42 Å². The van der Waals surface area contributed by atoms with E-state index >= 15 is 0 Å². The van der Waals surface area contributed by atoms with Crippen molar-refractivity contribution >= 4 is 26.9 Å². The molecule has 1 aliphatic rings. The summed E-state index contributed by atoms with van der Waals surface area (Å²) < 4.78 is 29.8.